The van der Waals surface area contributed by atoms with Crippen molar-refractivity contribution in [2.45, 2.75) is 20.4 Å². The molecule has 8 heteroatoms. The summed E-state index contributed by atoms with van der Waals surface area (Å²) < 4.78 is 7.97. The lowest BCUT2D eigenvalue weighted by atomic mass is 10.1. The first-order valence-corrected chi connectivity index (χ1v) is 11.6. The van der Waals surface area contributed by atoms with Crippen molar-refractivity contribution in [3.8, 4) is 5.75 Å². The number of aromatic nitrogens is 1. The zero-order valence-electron chi connectivity index (χ0n) is 18.4. The van der Waals surface area contributed by atoms with Gasteiger partial charge in [0.05, 0.1) is 12.1 Å². The molecule has 1 aromatic heterocycles. The van der Waals surface area contributed by atoms with Crippen LogP contribution in [0.2, 0.25) is 0 Å². The molecular weight excluding hydrogens is 434 g/mol. The molecule has 0 fully saturated rings. The Bertz CT molecular complexity index is 1340. The van der Waals surface area contributed by atoms with Crippen molar-refractivity contribution in [3.63, 3.8) is 0 Å². The quantitative estimate of drug-likeness (QED) is 0.528. The molecule has 5 rings (SSSR count). The highest BCUT2D eigenvalue weighted by molar-refractivity contribution is 8.27. The second-order valence-corrected chi connectivity index (χ2v) is 9.06. The summed E-state index contributed by atoms with van der Waals surface area (Å²) in [6, 6.07) is 17.7. The van der Waals surface area contributed by atoms with Crippen LogP contribution >= 0.6 is 11.8 Å². The highest BCUT2D eigenvalue weighted by atomic mass is 32.2. The lowest BCUT2D eigenvalue weighted by Crippen LogP contribution is -2.35. The van der Waals surface area contributed by atoms with Crippen LogP contribution < -0.4 is 4.74 Å². The van der Waals surface area contributed by atoms with Crippen LogP contribution in [0.15, 0.2) is 76.5 Å². The van der Waals surface area contributed by atoms with Gasteiger partial charge in [0, 0.05) is 28.6 Å². The molecule has 2 aromatic carbocycles. The van der Waals surface area contributed by atoms with Crippen LogP contribution in [-0.4, -0.2) is 38.1 Å². The van der Waals surface area contributed by atoms with E-state index < -0.39 is 5.91 Å². The van der Waals surface area contributed by atoms with Gasteiger partial charge in [-0.15, -0.1) is 0 Å². The number of nitrogens with zero attached hydrogens (tertiary/aromatic N) is 4. The molecule has 33 heavy (non-hydrogen) atoms. The maximum Gasteiger partial charge on any atom is 0.283 e. The summed E-state index contributed by atoms with van der Waals surface area (Å²) in [5.74, 6) is 0.673. The van der Waals surface area contributed by atoms with Crippen LogP contribution in [0.25, 0.3) is 17.0 Å². The molecule has 2 aliphatic heterocycles. The Morgan fingerprint density at radius 3 is 2.67 bits per heavy atom. The molecule has 0 bridgehead atoms. The normalized spacial score (nSPS) is 17.1. The van der Waals surface area contributed by atoms with E-state index in [4.69, 9.17) is 10.1 Å². The summed E-state index contributed by atoms with van der Waals surface area (Å²) in [7, 11) is 0. The van der Waals surface area contributed by atoms with Crippen LogP contribution in [-0.2, 0) is 11.3 Å². The van der Waals surface area contributed by atoms with Crippen LogP contribution in [0, 0.1) is 11.3 Å². The summed E-state index contributed by atoms with van der Waals surface area (Å²) in [5, 5.41) is 16.9. The molecule has 1 amide bonds. The molecule has 3 heterocycles. The SMILES string of the molecule is CC(C)C1=NN2C(=N)/C(=C/c3cn(CCOc4ccccc4)c4ccccc34)C(=O)N=C2S1. The minimum absolute atomic E-state index is 0.0531. The second kappa shape index (κ2) is 8.71. The fourth-order valence-electron chi connectivity index (χ4n) is 3.75. The molecule has 0 aliphatic carbocycles. The van der Waals surface area contributed by atoms with Gasteiger partial charge in [-0.25, -0.2) is 0 Å². The number of ether oxygens (including phenoxy) is 1. The largest absolute Gasteiger partial charge is 0.492 e. The van der Waals surface area contributed by atoms with Gasteiger partial charge in [0.2, 0.25) is 5.17 Å². The van der Waals surface area contributed by atoms with Crippen LogP contribution in [0.1, 0.15) is 19.4 Å². The Kier molecular flexibility index (Phi) is 5.60. The summed E-state index contributed by atoms with van der Waals surface area (Å²) in [4.78, 5) is 17.0. The summed E-state index contributed by atoms with van der Waals surface area (Å²) in [6.45, 7) is 5.22. The zero-order chi connectivity index (χ0) is 22.9. The number of carbonyl (C=O) groups excluding carboxylic acids is 1. The molecule has 0 radical (unpaired) electrons. The van der Waals surface area contributed by atoms with E-state index in [0.717, 1.165) is 27.3 Å². The highest BCUT2D eigenvalue weighted by Gasteiger charge is 2.36. The smallest absolute Gasteiger partial charge is 0.283 e. The van der Waals surface area contributed by atoms with Crippen molar-refractivity contribution in [3.05, 3.63) is 71.9 Å². The summed E-state index contributed by atoms with van der Waals surface area (Å²) in [6.07, 6.45) is 3.74. The fraction of sp³-hybridized carbons (Fsp3) is 0.200. The first-order chi connectivity index (χ1) is 16.0. The number of hydrazone groups is 1. The van der Waals surface area contributed by atoms with Gasteiger partial charge in [0.25, 0.3) is 5.91 Å². The number of carbonyl (C=O) groups is 1. The van der Waals surface area contributed by atoms with Crippen LogP contribution in [0.3, 0.4) is 0 Å². The predicted molar refractivity (Wildman–Crippen MR) is 134 cm³/mol. The first-order valence-electron chi connectivity index (χ1n) is 10.8. The molecule has 1 N–H and O–H groups in total. The second-order valence-electron chi connectivity index (χ2n) is 8.07. The Hall–Kier alpha value is -3.65. The van der Waals surface area contributed by atoms with Gasteiger partial charge < -0.3 is 9.30 Å². The summed E-state index contributed by atoms with van der Waals surface area (Å²) >= 11 is 1.35. The Morgan fingerprint density at radius 1 is 1.12 bits per heavy atom. The monoisotopic (exact) mass is 457 g/mol. The Balaban J connectivity index is 1.44. The number of fused-ring (bicyclic) bond motifs is 2. The number of benzene rings is 2. The number of thioether (sulfide) groups is 1. The molecule has 2 aliphatic rings. The molecule has 166 valence electrons. The third-order valence-electron chi connectivity index (χ3n) is 5.43. The van der Waals surface area contributed by atoms with E-state index in [1.165, 1.54) is 16.8 Å². The van der Waals surface area contributed by atoms with Crippen molar-refractivity contribution >= 4 is 50.7 Å². The topological polar surface area (TPSA) is 83.0 Å². The first kappa shape index (κ1) is 21.2. The summed E-state index contributed by atoms with van der Waals surface area (Å²) in [5.41, 5.74) is 2.13. The maximum atomic E-state index is 12.8. The number of nitrogens with one attached hydrogen (secondary N) is 1. The van der Waals surface area contributed by atoms with Gasteiger partial charge in [-0.2, -0.15) is 15.1 Å². The van der Waals surface area contributed by atoms with E-state index in [2.05, 4.69) is 14.7 Å². The van der Waals surface area contributed by atoms with Gasteiger partial charge in [-0.1, -0.05) is 50.2 Å². The van der Waals surface area contributed by atoms with E-state index in [1.807, 2.05) is 74.6 Å². The van der Waals surface area contributed by atoms with Gasteiger partial charge in [-0.05, 0) is 36.0 Å². The maximum absolute atomic E-state index is 12.8. The van der Waals surface area contributed by atoms with Gasteiger partial charge >= 0.3 is 0 Å². The van der Waals surface area contributed by atoms with Crippen molar-refractivity contribution in [2.24, 2.45) is 16.0 Å². The van der Waals surface area contributed by atoms with Crippen molar-refractivity contribution < 1.29 is 9.53 Å². The molecule has 7 nitrogen and oxygen atoms in total. The lowest BCUT2D eigenvalue weighted by Gasteiger charge is -2.20. The number of amidine groups is 2. The molecule has 0 atom stereocenters. The van der Waals surface area contributed by atoms with E-state index >= 15 is 0 Å². The zero-order valence-corrected chi connectivity index (χ0v) is 19.2. The predicted octanol–water partition coefficient (Wildman–Crippen LogP) is 5.00. The minimum atomic E-state index is -0.414. The van der Waals surface area contributed by atoms with Crippen molar-refractivity contribution in [1.29, 1.82) is 5.41 Å². The van der Waals surface area contributed by atoms with E-state index in [9.17, 15) is 4.79 Å². The number of hydrogen-bond donors (Lipinski definition) is 1. The minimum Gasteiger partial charge on any atom is -0.492 e. The molecule has 3 aromatic rings. The third-order valence-corrected chi connectivity index (χ3v) is 6.64. The van der Waals surface area contributed by atoms with Crippen molar-refractivity contribution in [1.82, 2.24) is 9.58 Å². The molecule has 0 saturated heterocycles. The Morgan fingerprint density at radius 2 is 1.88 bits per heavy atom. The number of aliphatic imine (C=N–C) groups is 1. The fourth-order valence-corrected chi connectivity index (χ4v) is 4.64. The lowest BCUT2D eigenvalue weighted by molar-refractivity contribution is -0.114. The van der Waals surface area contributed by atoms with Gasteiger partial charge in [-0.3, -0.25) is 10.2 Å². The van der Waals surface area contributed by atoms with E-state index in [-0.39, 0.29) is 17.3 Å². The number of hydrogen-bond acceptors (Lipinski definition) is 5. The average Bonchev–Trinajstić information content (AvgIpc) is 3.40. The average molecular weight is 458 g/mol. The number of rotatable bonds is 6. The number of para-hydroxylation sites is 2. The standard InChI is InChI=1S/C25H23N5O2S/c1-16(2)24-28-30-22(26)20(23(31)27-25(30)33-24)14-17-15-29(21-11-7-6-10-19(17)21)12-13-32-18-8-4-3-5-9-18/h3-11,14-16,26H,12-13H2,1-2H3/b20-14-,26-22?. The molecule has 0 unspecified atom stereocenters. The third kappa shape index (κ3) is 4.09. The highest BCUT2D eigenvalue weighted by Crippen LogP contribution is 2.32. The number of amides is 1. The van der Waals surface area contributed by atoms with Gasteiger partial charge in [0.1, 0.15) is 17.4 Å². The molecule has 0 spiro atoms. The van der Waals surface area contributed by atoms with Gasteiger partial charge in [0.15, 0.2) is 5.84 Å². The molecular formula is C25H23N5O2S. The van der Waals surface area contributed by atoms with E-state index in [1.54, 1.807) is 6.08 Å². The Labute approximate surface area is 196 Å². The molecule has 0 saturated carbocycles. The van der Waals surface area contributed by atoms with Crippen molar-refractivity contribution in [2.75, 3.05) is 6.61 Å². The van der Waals surface area contributed by atoms with E-state index in [0.29, 0.717) is 18.3 Å². The van der Waals surface area contributed by atoms with Crippen LogP contribution in [0.5, 0.6) is 5.75 Å². The van der Waals surface area contributed by atoms with Crippen LogP contribution in [0.4, 0.5) is 0 Å².